The summed E-state index contributed by atoms with van der Waals surface area (Å²) in [6, 6.07) is 1.08. The molecule has 0 amide bonds. The van der Waals surface area contributed by atoms with Gasteiger partial charge in [0, 0.05) is 18.6 Å². The van der Waals surface area contributed by atoms with Gasteiger partial charge < -0.3 is 5.73 Å². The van der Waals surface area contributed by atoms with Gasteiger partial charge in [-0.25, -0.2) is 0 Å². The molecule has 0 spiro atoms. The predicted molar refractivity (Wildman–Crippen MR) is 78.5 cm³/mol. The lowest BCUT2D eigenvalue weighted by Gasteiger charge is -2.42. The monoisotopic (exact) mass is 252 g/mol. The molecule has 0 radical (unpaired) electrons. The quantitative estimate of drug-likeness (QED) is 0.786. The van der Waals surface area contributed by atoms with Gasteiger partial charge in [-0.3, -0.25) is 4.90 Å². The first-order chi connectivity index (χ1) is 8.61. The molecule has 2 heteroatoms. The summed E-state index contributed by atoms with van der Waals surface area (Å²) in [6.45, 7) is 9.62. The number of rotatable bonds is 6. The maximum Gasteiger partial charge on any atom is 0.0250 e. The first-order valence-electron chi connectivity index (χ1n) is 8.11. The second-order valence-electron chi connectivity index (χ2n) is 6.99. The summed E-state index contributed by atoms with van der Waals surface area (Å²) >= 11 is 0. The van der Waals surface area contributed by atoms with Crippen LogP contribution in [-0.4, -0.2) is 30.1 Å². The number of hydrogen-bond donors (Lipinski definition) is 1. The van der Waals surface area contributed by atoms with E-state index in [1.807, 2.05) is 0 Å². The number of hydrogen-bond acceptors (Lipinski definition) is 2. The third-order valence-electron chi connectivity index (χ3n) is 5.02. The van der Waals surface area contributed by atoms with E-state index in [1.165, 1.54) is 51.6 Å². The zero-order valence-electron chi connectivity index (χ0n) is 12.6. The van der Waals surface area contributed by atoms with E-state index in [9.17, 15) is 0 Å². The Morgan fingerprint density at radius 1 is 1.17 bits per heavy atom. The second-order valence-corrected chi connectivity index (χ2v) is 6.99. The van der Waals surface area contributed by atoms with Crippen molar-refractivity contribution in [2.75, 3.05) is 13.1 Å². The molecule has 0 aromatic heterocycles. The molecule has 18 heavy (non-hydrogen) atoms. The van der Waals surface area contributed by atoms with Crippen LogP contribution in [0.1, 0.15) is 59.3 Å². The Labute approximate surface area is 113 Å². The van der Waals surface area contributed by atoms with Crippen LogP contribution in [0.25, 0.3) is 0 Å². The van der Waals surface area contributed by atoms with Crippen molar-refractivity contribution >= 4 is 0 Å². The zero-order chi connectivity index (χ0) is 13.1. The average molecular weight is 252 g/mol. The van der Waals surface area contributed by atoms with Crippen molar-refractivity contribution in [3.8, 4) is 0 Å². The van der Waals surface area contributed by atoms with Crippen LogP contribution < -0.4 is 5.73 Å². The van der Waals surface area contributed by atoms with E-state index in [1.54, 1.807) is 0 Å². The van der Waals surface area contributed by atoms with Crippen LogP contribution >= 0.6 is 0 Å². The summed E-state index contributed by atoms with van der Waals surface area (Å²) in [5.41, 5.74) is 6.43. The molecule has 2 N–H and O–H groups in total. The van der Waals surface area contributed by atoms with Crippen LogP contribution in [-0.2, 0) is 0 Å². The van der Waals surface area contributed by atoms with Crippen molar-refractivity contribution in [1.82, 2.24) is 4.90 Å². The lowest BCUT2D eigenvalue weighted by atomic mass is 9.76. The normalized spacial score (nSPS) is 33.3. The van der Waals surface area contributed by atoms with Crippen LogP contribution in [0.5, 0.6) is 0 Å². The molecule has 106 valence electrons. The fraction of sp³-hybridized carbons (Fsp3) is 1.00. The Balaban J connectivity index is 1.95. The minimum absolute atomic E-state index is 0.422. The van der Waals surface area contributed by atoms with Crippen molar-refractivity contribution in [1.29, 1.82) is 0 Å². The summed E-state index contributed by atoms with van der Waals surface area (Å²) in [6.07, 6.45) is 8.09. The molecule has 0 saturated heterocycles. The van der Waals surface area contributed by atoms with Crippen molar-refractivity contribution in [2.24, 2.45) is 23.5 Å². The van der Waals surface area contributed by atoms with Gasteiger partial charge in [0.15, 0.2) is 0 Å². The number of nitrogens with zero attached hydrogens (tertiary/aromatic N) is 1. The lowest BCUT2D eigenvalue weighted by molar-refractivity contribution is 0.0923. The Hall–Kier alpha value is -0.0800. The highest BCUT2D eigenvalue weighted by Crippen LogP contribution is 2.35. The molecule has 0 heterocycles. The number of nitrogens with two attached hydrogens (primary N) is 1. The molecule has 3 unspecified atom stereocenters. The standard InChI is InChI=1S/C16H32N2/c1-4-9-18(11-13-5-6-13)16-10-14(12(2)3)7-8-15(16)17/h12-16H,4-11,17H2,1-3H3. The summed E-state index contributed by atoms with van der Waals surface area (Å²) in [7, 11) is 0. The van der Waals surface area contributed by atoms with Crippen LogP contribution in [0.15, 0.2) is 0 Å². The fourth-order valence-corrected chi connectivity index (χ4v) is 3.54. The molecule has 2 aliphatic carbocycles. The summed E-state index contributed by atoms with van der Waals surface area (Å²) in [5, 5.41) is 0. The van der Waals surface area contributed by atoms with Gasteiger partial charge in [-0.2, -0.15) is 0 Å². The molecular formula is C16H32N2. The minimum Gasteiger partial charge on any atom is -0.326 e. The van der Waals surface area contributed by atoms with Crippen LogP contribution in [0.3, 0.4) is 0 Å². The highest BCUT2D eigenvalue weighted by molar-refractivity contribution is 4.92. The molecule has 2 nitrogen and oxygen atoms in total. The topological polar surface area (TPSA) is 29.3 Å². The Bertz CT molecular complexity index is 247. The smallest absolute Gasteiger partial charge is 0.0250 e. The Morgan fingerprint density at radius 3 is 2.44 bits per heavy atom. The van der Waals surface area contributed by atoms with E-state index in [0.717, 1.165) is 17.8 Å². The SMILES string of the molecule is CCCN(CC1CC1)C1CC(C(C)C)CCC1N. The van der Waals surface area contributed by atoms with Crippen LogP contribution in [0.2, 0.25) is 0 Å². The maximum atomic E-state index is 6.43. The molecule has 0 aromatic rings. The summed E-state index contributed by atoms with van der Waals surface area (Å²) in [5.74, 6) is 2.71. The Morgan fingerprint density at radius 2 is 1.89 bits per heavy atom. The molecule has 2 fully saturated rings. The van der Waals surface area contributed by atoms with Gasteiger partial charge in [-0.1, -0.05) is 20.8 Å². The highest BCUT2D eigenvalue weighted by Gasteiger charge is 2.35. The van der Waals surface area contributed by atoms with Gasteiger partial charge in [-0.05, 0) is 62.8 Å². The van der Waals surface area contributed by atoms with Gasteiger partial charge in [0.05, 0.1) is 0 Å². The predicted octanol–water partition coefficient (Wildman–Crippen LogP) is 3.26. The van der Waals surface area contributed by atoms with Crippen molar-refractivity contribution in [2.45, 2.75) is 71.4 Å². The van der Waals surface area contributed by atoms with E-state index >= 15 is 0 Å². The molecule has 0 bridgehead atoms. The van der Waals surface area contributed by atoms with Gasteiger partial charge in [0.1, 0.15) is 0 Å². The van der Waals surface area contributed by atoms with Crippen molar-refractivity contribution < 1.29 is 0 Å². The third kappa shape index (κ3) is 3.71. The van der Waals surface area contributed by atoms with E-state index in [2.05, 4.69) is 25.7 Å². The molecule has 2 rings (SSSR count). The van der Waals surface area contributed by atoms with Gasteiger partial charge in [0.25, 0.3) is 0 Å². The first-order valence-corrected chi connectivity index (χ1v) is 8.11. The first kappa shape index (κ1) is 14.3. The maximum absolute atomic E-state index is 6.43. The fourth-order valence-electron chi connectivity index (χ4n) is 3.54. The molecule has 0 aliphatic heterocycles. The van der Waals surface area contributed by atoms with E-state index in [0.29, 0.717) is 12.1 Å². The molecule has 3 atom stereocenters. The molecule has 2 saturated carbocycles. The second kappa shape index (κ2) is 6.38. The van der Waals surface area contributed by atoms with Gasteiger partial charge in [-0.15, -0.1) is 0 Å². The summed E-state index contributed by atoms with van der Waals surface area (Å²) in [4.78, 5) is 2.73. The van der Waals surface area contributed by atoms with Gasteiger partial charge in [0.2, 0.25) is 0 Å². The summed E-state index contributed by atoms with van der Waals surface area (Å²) < 4.78 is 0. The van der Waals surface area contributed by atoms with E-state index in [-0.39, 0.29) is 0 Å². The average Bonchev–Trinajstić information content (AvgIpc) is 3.13. The molecule has 2 aliphatic rings. The molecule has 0 aromatic carbocycles. The van der Waals surface area contributed by atoms with Crippen molar-refractivity contribution in [3.63, 3.8) is 0 Å². The third-order valence-corrected chi connectivity index (χ3v) is 5.02. The van der Waals surface area contributed by atoms with Crippen LogP contribution in [0, 0.1) is 17.8 Å². The Kier molecular flexibility index (Phi) is 5.08. The largest absolute Gasteiger partial charge is 0.326 e. The van der Waals surface area contributed by atoms with Crippen molar-refractivity contribution in [3.05, 3.63) is 0 Å². The molecular weight excluding hydrogens is 220 g/mol. The van der Waals surface area contributed by atoms with Gasteiger partial charge >= 0.3 is 0 Å². The highest BCUT2D eigenvalue weighted by atomic mass is 15.2. The lowest BCUT2D eigenvalue weighted by Crippen LogP contribution is -2.52. The minimum atomic E-state index is 0.422. The van der Waals surface area contributed by atoms with E-state index < -0.39 is 0 Å². The van der Waals surface area contributed by atoms with E-state index in [4.69, 9.17) is 5.73 Å². The van der Waals surface area contributed by atoms with Crippen LogP contribution in [0.4, 0.5) is 0 Å². The zero-order valence-corrected chi connectivity index (χ0v) is 12.6.